The second-order valence-corrected chi connectivity index (χ2v) is 7.48. The van der Waals surface area contributed by atoms with Gasteiger partial charge < -0.3 is 15.5 Å². The highest BCUT2D eigenvalue weighted by molar-refractivity contribution is 9.10. The quantitative estimate of drug-likeness (QED) is 0.330. The topological polar surface area (TPSA) is 113 Å². The van der Waals surface area contributed by atoms with Gasteiger partial charge in [-0.25, -0.2) is 0 Å². The number of nitro benzene ring substituents is 1. The zero-order chi connectivity index (χ0) is 19.1. The first kappa shape index (κ1) is 20.4. The molecule has 3 N–H and O–H groups in total. The van der Waals surface area contributed by atoms with Crippen LogP contribution in [0.5, 0.6) is 0 Å². The van der Waals surface area contributed by atoms with Crippen LogP contribution in [0.3, 0.4) is 0 Å². The van der Waals surface area contributed by atoms with Crippen LogP contribution in [0.4, 0.5) is 11.4 Å². The Balaban J connectivity index is 2.10. The largest absolute Gasteiger partial charge is 0.394 e. The second kappa shape index (κ2) is 9.67. The Morgan fingerprint density at radius 2 is 1.96 bits per heavy atom. The Hall–Kier alpha value is -1.94. The molecule has 1 amide bonds. The highest BCUT2D eigenvalue weighted by Crippen LogP contribution is 2.28. The molecular formula is C17H17BrN2O5S. The molecule has 0 heterocycles. The van der Waals surface area contributed by atoms with E-state index in [9.17, 15) is 20.0 Å². The maximum Gasteiger partial charge on any atom is 0.272 e. The number of amides is 1. The third kappa shape index (κ3) is 6.41. The number of aliphatic hydroxyl groups excluding tert-OH is 2. The SMILES string of the molecule is O=C(Cc1ccc(Br)cc1)Nc1cc(SC[C@@H](O)CO)cc([N+](=O)[O-])c1. The third-order valence-corrected chi connectivity index (χ3v) is 4.97. The number of nitrogens with one attached hydrogen (secondary N) is 1. The van der Waals surface area contributed by atoms with E-state index in [-0.39, 0.29) is 23.8 Å². The zero-order valence-electron chi connectivity index (χ0n) is 13.6. The van der Waals surface area contributed by atoms with E-state index in [1.54, 1.807) is 6.07 Å². The number of benzene rings is 2. The lowest BCUT2D eigenvalue weighted by Crippen LogP contribution is -2.15. The summed E-state index contributed by atoms with van der Waals surface area (Å²) in [4.78, 5) is 23.3. The van der Waals surface area contributed by atoms with E-state index in [1.165, 1.54) is 12.1 Å². The molecule has 2 rings (SSSR count). The number of nitro groups is 1. The molecule has 0 unspecified atom stereocenters. The fourth-order valence-corrected chi connectivity index (χ4v) is 3.25. The van der Waals surface area contributed by atoms with Gasteiger partial charge in [0.05, 0.1) is 24.1 Å². The van der Waals surface area contributed by atoms with Crippen LogP contribution in [0.15, 0.2) is 51.8 Å². The molecule has 0 saturated carbocycles. The number of anilines is 1. The van der Waals surface area contributed by atoms with Crippen LogP contribution in [-0.4, -0.2) is 39.5 Å². The summed E-state index contributed by atoms with van der Waals surface area (Å²) in [6, 6.07) is 11.5. The second-order valence-electron chi connectivity index (χ2n) is 5.47. The molecule has 1 atom stereocenters. The highest BCUT2D eigenvalue weighted by Gasteiger charge is 2.13. The fourth-order valence-electron chi connectivity index (χ4n) is 2.08. The Kier molecular flexibility index (Phi) is 7.58. The van der Waals surface area contributed by atoms with Gasteiger partial charge in [-0.15, -0.1) is 11.8 Å². The summed E-state index contributed by atoms with van der Waals surface area (Å²) in [5.41, 5.74) is 0.964. The van der Waals surface area contributed by atoms with Gasteiger partial charge in [0.15, 0.2) is 0 Å². The highest BCUT2D eigenvalue weighted by atomic mass is 79.9. The van der Waals surface area contributed by atoms with Crippen molar-refractivity contribution in [2.45, 2.75) is 17.4 Å². The first-order valence-electron chi connectivity index (χ1n) is 7.63. The maximum atomic E-state index is 12.2. The Morgan fingerprint density at radius 3 is 2.58 bits per heavy atom. The van der Waals surface area contributed by atoms with Gasteiger partial charge in [-0.05, 0) is 23.8 Å². The summed E-state index contributed by atoms with van der Waals surface area (Å²) in [5, 5.41) is 32.0. The van der Waals surface area contributed by atoms with Crippen LogP contribution in [0, 0.1) is 10.1 Å². The molecule has 2 aromatic rings. The molecule has 0 aliphatic rings. The van der Waals surface area contributed by atoms with Gasteiger partial charge in [-0.3, -0.25) is 14.9 Å². The lowest BCUT2D eigenvalue weighted by atomic mass is 10.1. The number of hydrogen-bond acceptors (Lipinski definition) is 6. The van der Waals surface area contributed by atoms with E-state index < -0.39 is 17.6 Å². The average molecular weight is 441 g/mol. The maximum absolute atomic E-state index is 12.2. The van der Waals surface area contributed by atoms with Crippen LogP contribution in [0.1, 0.15) is 5.56 Å². The number of nitrogens with zero attached hydrogens (tertiary/aromatic N) is 1. The van der Waals surface area contributed by atoms with E-state index >= 15 is 0 Å². The summed E-state index contributed by atoms with van der Waals surface area (Å²) in [7, 11) is 0. The lowest BCUT2D eigenvalue weighted by Gasteiger charge is -2.10. The minimum absolute atomic E-state index is 0.141. The Bertz CT molecular complexity index is 785. The summed E-state index contributed by atoms with van der Waals surface area (Å²) >= 11 is 4.49. The van der Waals surface area contributed by atoms with Gasteiger partial charge >= 0.3 is 0 Å². The zero-order valence-corrected chi connectivity index (χ0v) is 16.0. The standard InChI is InChI=1S/C17H17BrN2O5S/c18-12-3-1-11(2-4-12)5-17(23)19-13-6-14(20(24)25)8-16(7-13)26-10-15(22)9-21/h1-4,6-8,15,21-22H,5,9-10H2,(H,19,23)/t15-/m0/s1. The van der Waals surface area contributed by atoms with Crippen molar-refractivity contribution in [3.63, 3.8) is 0 Å². The molecule has 0 aliphatic heterocycles. The van der Waals surface area contributed by atoms with Crippen molar-refractivity contribution >= 4 is 45.0 Å². The molecule has 0 aromatic heterocycles. The lowest BCUT2D eigenvalue weighted by molar-refractivity contribution is -0.385. The first-order chi connectivity index (χ1) is 12.4. The average Bonchev–Trinajstić information content (AvgIpc) is 2.61. The van der Waals surface area contributed by atoms with Crippen LogP contribution < -0.4 is 5.32 Å². The van der Waals surface area contributed by atoms with E-state index in [0.717, 1.165) is 21.8 Å². The van der Waals surface area contributed by atoms with Crippen molar-refractivity contribution in [3.05, 3.63) is 62.6 Å². The smallest absolute Gasteiger partial charge is 0.272 e. The molecule has 7 nitrogen and oxygen atoms in total. The number of carbonyl (C=O) groups is 1. The minimum Gasteiger partial charge on any atom is -0.394 e. The summed E-state index contributed by atoms with van der Waals surface area (Å²) in [6.07, 6.45) is -0.781. The van der Waals surface area contributed by atoms with Gasteiger partial charge in [0, 0.05) is 32.9 Å². The summed E-state index contributed by atoms with van der Waals surface area (Å²) < 4.78 is 0.909. The van der Waals surface area contributed by atoms with Crippen molar-refractivity contribution in [1.82, 2.24) is 0 Å². The molecule has 0 aliphatic carbocycles. The molecular weight excluding hydrogens is 424 g/mol. The van der Waals surface area contributed by atoms with Crippen molar-refractivity contribution < 1.29 is 19.9 Å². The number of halogens is 1. The minimum atomic E-state index is -0.922. The fraction of sp³-hybridized carbons (Fsp3) is 0.235. The van der Waals surface area contributed by atoms with Crippen molar-refractivity contribution in [2.24, 2.45) is 0 Å². The Morgan fingerprint density at radius 1 is 1.27 bits per heavy atom. The molecule has 0 saturated heterocycles. The molecule has 9 heteroatoms. The predicted octanol–water partition coefficient (Wildman–Crippen LogP) is 2.98. The number of carbonyl (C=O) groups excluding carboxylic acids is 1. The number of rotatable bonds is 8. The molecule has 26 heavy (non-hydrogen) atoms. The van der Waals surface area contributed by atoms with Crippen molar-refractivity contribution in [1.29, 1.82) is 0 Å². The summed E-state index contributed by atoms with van der Waals surface area (Å²) in [5.74, 6) is -0.108. The molecule has 0 spiro atoms. The number of hydrogen-bond donors (Lipinski definition) is 3. The number of aliphatic hydroxyl groups is 2. The number of non-ortho nitro benzene ring substituents is 1. The van der Waals surface area contributed by atoms with Crippen molar-refractivity contribution in [3.8, 4) is 0 Å². The van der Waals surface area contributed by atoms with Gasteiger partial charge in [-0.2, -0.15) is 0 Å². The normalized spacial score (nSPS) is 11.8. The van der Waals surface area contributed by atoms with E-state index in [4.69, 9.17) is 5.11 Å². The molecule has 2 aromatic carbocycles. The molecule has 0 radical (unpaired) electrons. The Labute approximate surface area is 162 Å². The van der Waals surface area contributed by atoms with Gasteiger partial charge in [-0.1, -0.05) is 28.1 Å². The predicted molar refractivity (Wildman–Crippen MR) is 103 cm³/mol. The van der Waals surface area contributed by atoms with E-state index in [0.29, 0.717) is 10.6 Å². The van der Waals surface area contributed by atoms with Crippen LogP contribution in [0.25, 0.3) is 0 Å². The van der Waals surface area contributed by atoms with Crippen LogP contribution in [0.2, 0.25) is 0 Å². The monoisotopic (exact) mass is 440 g/mol. The third-order valence-electron chi connectivity index (χ3n) is 3.32. The van der Waals surface area contributed by atoms with Gasteiger partial charge in [0.1, 0.15) is 0 Å². The van der Waals surface area contributed by atoms with Gasteiger partial charge in [0.25, 0.3) is 5.69 Å². The van der Waals surface area contributed by atoms with Crippen LogP contribution in [-0.2, 0) is 11.2 Å². The van der Waals surface area contributed by atoms with Crippen LogP contribution >= 0.6 is 27.7 Å². The first-order valence-corrected chi connectivity index (χ1v) is 9.40. The van der Waals surface area contributed by atoms with Gasteiger partial charge in [0.2, 0.25) is 5.91 Å². The van der Waals surface area contributed by atoms with Crippen molar-refractivity contribution in [2.75, 3.05) is 17.7 Å². The molecule has 138 valence electrons. The molecule has 0 bridgehead atoms. The number of thioether (sulfide) groups is 1. The van der Waals surface area contributed by atoms with E-state index in [1.807, 2.05) is 24.3 Å². The summed E-state index contributed by atoms with van der Waals surface area (Å²) in [6.45, 7) is -0.390. The molecule has 0 fully saturated rings. The van der Waals surface area contributed by atoms with E-state index in [2.05, 4.69) is 21.2 Å².